The molecule has 0 aliphatic carbocycles. The number of nitrogens with one attached hydrogen (secondary N) is 1. The lowest BCUT2D eigenvalue weighted by Crippen LogP contribution is -2.43. The van der Waals surface area contributed by atoms with Crippen LogP contribution in [-0.4, -0.2) is 37.8 Å². The number of amides is 1. The minimum Gasteiger partial charge on any atom is -0.350 e. The zero-order valence-electron chi connectivity index (χ0n) is 15.7. The van der Waals surface area contributed by atoms with E-state index in [4.69, 9.17) is 0 Å². The molecule has 0 bridgehead atoms. The largest absolute Gasteiger partial charge is 0.350 e. The third-order valence-electron chi connectivity index (χ3n) is 4.94. The van der Waals surface area contributed by atoms with Crippen molar-refractivity contribution in [1.82, 2.24) is 9.62 Å². The number of benzene rings is 2. The summed E-state index contributed by atoms with van der Waals surface area (Å²) in [5, 5.41) is 2.48. The van der Waals surface area contributed by atoms with Gasteiger partial charge in [-0.3, -0.25) is 4.79 Å². The lowest BCUT2D eigenvalue weighted by Gasteiger charge is -2.25. The lowest BCUT2D eigenvalue weighted by molar-refractivity contribution is 0.0938. The molecule has 1 aliphatic rings. The Bertz CT molecular complexity index is 988. The van der Waals surface area contributed by atoms with Gasteiger partial charge in [0.25, 0.3) is 5.91 Å². The number of carbonyl (C=O) groups is 1. The Balaban J connectivity index is 1.78. The van der Waals surface area contributed by atoms with Gasteiger partial charge in [-0.1, -0.05) is 18.2 Å². The van der Waals surface area contributed by atoms with Crippen LogP contribution in [0.3, 0.4) is 0 Å². The predicted octanol–water partition coefficient (Wildman–Crippen LogP) is 3.16. The summed E-state index contributed by atoms with van der Waals surface area (Å²) in [4.78, 5) is 12.5. The van der Waals surface area contributed by atoms with E-state index in [-0.39, 0.29) is 11.4 Å². The Morgan fingerprint density at radius 3 is 2.54 bits per heavy atom. The number of sulfonamides is 1. The molecule has 28 heavy (non-hydrogen) atoms. The SMILES string of the molecule is Cc1ccc(C)c(S(=O)(=O)N2CCCC2CNC(=O)c2c(F)cccc2F)c1. The van der Waals surface area contributed by atoms with E-state index in [9.17, 15) is 22.0 Å². The summed E-state index contributed by atoms with van der Waals surface area (Å²) in [6.45, 7) is 3.88. The van der Waals surface area contributed by atoms with Crippen LogP contribution >= 0.6 is 0 Å². The molecular formula is C20H22F2N2O3S. The highest BCUT2D eigenvalue weighted by atomic mass is 32.2. The van der Waals surface area contributed by atoms with Crippen molar-refractivity contribution in [2.24, 2.45) is 0 Å². The van der Waals surface area contributed by atoms with Gasteiger partial charge >= 0.3 is 0 Å². The number of hydrogen-bond acceptors (Lipinski definition) is 3. The van der Waals surface area contributed by atoms with Crippen LogP contribution in [-0.2, 0) is 10.0 Å². The van der Waals surface area contributed by atoms with Crippen molar-refractivity contribution in [2.75, 3.05) is 13.1 Å². The fourth-order valence-electron chi connectivity index (χ4n) is 3.45. The van der Waals surface area contributed by atoms with Crippen molar-refractivity contribution in [1.29, 1.82) is 0 Å². The highest BCUT2D eigenvalue weighted by molar-refractivity contribution is 7.89. The molecule has 3 rings (SSSR count). The molecule has 1 atom stereocenters. The maximum absolute atomic E-state index is 13.8. The highest BCUT2D eigenvalue weighted by Crippen LogP contribution is 2.28. The van der Waals surface area contributed by atoms with Crippen LogP contribution in [0.5, 0.6) is 0 Å². The highest BCUT2D eigenvalue weighted by Gasteiger charge is 2.36. The van der Waals surface area contributed by atoms with Gasteiger partial charge in [-0.15, -0.1) is 0 Å². The van der Waals surface area contributed by atoms with Crippen LogP contribution in [0.15, 0.2) is 41.3 Å². The number of halogens is 2. The zero-order chi connectivity index (χ0) is 20.5. The van der Waals surface area contributed by atoms with Gasteiger partial charge in [0.15, 0.2) is 0 Å². The van der Waals surface area contributed by atoms with Gasteiger partial charge in [-0.05, 0) is 56.0 Å². The molecule has 150 valence electrons. The van der Waals surface area contributed by atoms with E-state index < -0.39 is 39.2 Å². The number of carbonyl (C=O) groups excluding carboxylic acids is 1. The Morgan fingerprint density at radius 2 is 1.86 bits per heavy atom. The molecule has 0 spiro atoms. The first-order chi connectivity index (χ1) is 13.2. The number of aryl methyl sites for hydroxylation is 2. The van der Waals surface area contributed by atoms with E-state index in [1.807, 2.05) is 13.0 Å². The van der Waals surface area contributed by atoms with Crippen LogP contribution in [0.1, 0.15) is 34.3 Å². The van der Waals surface area contributed by atoms with E-state index in [0.29, 0.717) is 24.9 Å². The Hall–Kier alpha value is -2.32. The second-order valence-electron chi connectivity index (χ2n) is 6.99. The average Bonchev–Trinajstić information content (AvgIpc) is 3.11. The minimum atomic E-state index is -3.74. The van der Waals surface area contributed by atoms with E-state index >= 15 is 0 Å². The Labute approximate surface area is 163 Å². The molecule has 0 radical (unpaired) electrons. The normalized spacial score (nSPS) is 17.6. The molecule has 2 aromatic rings. The molecule has 1 saturated heterocycles. The van der Waals surface area contributed by atoms with Crippen molar-refractivity contribution in [3.8, 4) is 0 Å². The molecule has 5 nitrogen and oxygen atoms in total. The van der Waals surface area contributed by atoms with Gasteiger partial charge in [0.05, 0.1) is 4.90 Å². The molecule has 8 heteroatoms. The average molecular weight is 408 g/mol. The second-order valence-corrected chi connectivity index (χ2v) is 8.85. The summed E-state index contributed by atoms with van der Waals surface area (Å²) in [5.74, 6) is -2.81. The molecular weight excluding hydrogens is 386 g/mol. The van der Waals surface area contributed by atoms with Gasteiger partial charge in [0.1, 0.15) is 17.2 Å². The number of nitrogens with zero attached hydrogens (tertiary/aromatic N) is 1. The first kappa shape index (κ1) is 20.4. The summed E-state index contributed by atoms with van der Waals surface area (Å²) < 4.78 is 55.2. The summed E-state index contributed by atoms with van der Waals surface area (Å²) in [5.41, 5.74) is 0.821. The van der Waals surface area contributed by atoms with Crippen molar-refractivity contribution < 1.29 is 22.0 Å². The van der Waals surface area contributed by atoms with Gasteiger partial charge in [-0.25, -0.2) is 17.2 Å². The van der Waals surface area contributed by atoms with Crippen LogP contribution in [0.25, 0.3) is 0 Å². The van der Waals surface area contributed by atoms with Gasteiger partial charge < -0.3 is 5.32 Å². The van der Waals surface area contributed by atoms with Crippen molar-refractivity contribution in [3.05, 3.63) is 64.7 Å². The standard InChI is InChI=1S/C20H22F2N2O3S/c1-13-8-9-14(2)18(11-13)28(26,27)24-10-4-5-15(24)12-23-20(25)19-16(21)6-3-7-17(19)22/h3,6-9,11,15H,4-5,10,12H2,1-2H3,(H,23,25). The second kappa shape index (κ2) is 7.97. The van der Waals surface area contributed by atoms with Gasteiger partial charge in [0.2, 0.25) is 10.0 Å². The fourth-order valence-corrected chi connectivity index (χ4v) is 5.46. The van der Waals surface area contributed by atoms with Gasteiger partial charge in [-0.2, -0.15) is 4.31 Å². The van der Waals surface area contributed by atoms with Crippen LogP contribution < -0.4 is 5.32 Å². The molecule has 2 aromatic carbocycles. The quantitative estimate of drug-likeness (QED) is 0.827. The van der Waals surface area contributed by atoms with E-state index in [0.717, 1.165) is 17.7 Å². The zero-order valence-corrected chi connectivity index (χ0v) is 16.5. The van der Waals surface area contributed by atoms with Crippen molar-refractivity contribution in [3.63, 3.8) is 0 Å². The summed E-state index contributed by atoms with van der Waals surface area (Å²) >= 11 is 0. The predicted molar refractivity (Wildman–Crippen MR) is 102 cm³/mol. The van der Waals surface area contributed by atoms with E-state index in [2.05, 4.69) is 5.32 Å². The molecule has 1 fully saturated rings. The molecule has 1 heterocycles. The summed E-state index contributed by atoms with van der Waals surface area (Å²) in [6, 6.07) is 7.96. The molecule has 1 amide bonds. The smallest absolute Gasteiger partial charge is 0.257 e. The summed E-state index contributed by atoms with van der Waals surface area (Å²) in [6.07, 6.45) is 1.21. The molecule has 1 unspecified atom stereocenters. The molecule has 0 aromatic heterocycles. The maximum atomic E-state index is 13.8. The van der Waals surface area contributed by atoms with Crippen molar-refractivity contribution >= 4 is 15.9 Å². The first-order valence-corrected chi connectivity index (χ1v) is 10.5. The third-order valence-corrected chi connectivity index (χ3v) is 7.04. The molecule has 0 saturated carbocycles. The third kappa shape index (κ3) is 3.93. The molecule has 1 aliphatic heterocycles. The number of hydrogen-bond donors (Lipinski definition) is 1. The van der Waals surface area contributed by atoms with E-state index in [1.54, 1.807) is 19.1 Å². The van der Waals surface area contributed by atoms with Crippen molar-refractivity contribution in [2.45, 2.75) is 37.6 Å². The maximum Gasteiger partial charge on any atom is 0.257 e. The lowest BCUT2D eigenvalue weighted by atomic mass is 10.1. The topological polar surface area (TPSA) is 66.5 Å². The fraction of sp³-hybridized carbons (Fsp3) is 0.350. The monoisotopic (exact) mass is 408 g/mol. The Kier molecular flexibility index (Phi) is 5.81. The van der Waals surface area contributed by atoms with Crippen LogP contribution in [0.4, 0.5) is 8.78 Å². The summed E-state index contributed by atoms with van der Waals surface area (Å²) in [7, 11) is -3.74. The number of rotatable bonds is 5. The molecule has 1 N–H and O–H groups in total. The van der Waals surface area contributed by atoms with Crippen LogP contribution in [0.2, 0.25) is 0 Å². The first-order valence-electron chi connectivity index (χ1n) is 9.03. The van der Waals surface area contributed by atoms with E-state index in [1.165, 1.54) is 10.4 Å². The van der Waals surface area contributed by atoms with Crippen LogP contribution in [0, 0.1) is 25.5 Å². The Morgan fingerprint density at radius 1 is 1.18 bits per heavy atom. The van der Waals surface area contributed by atoms with Gasteiger partial charge in [0, 0.05) is 19.1 Å². The minimum absolute atomic E-state index is 0.0172.